The van der Waals surface area contributed by atoms with Crippen molar-refractivity contribution in [3.8, 4) is 0 Å². The molecule has 22 heavy (non-hydrogen) atoms. The van der Waals surface area contributed by atoms with Crippen molar-refractivity contribution in [2.75, 3.05) is 5.32 Å². The number of benzene rings is 2. The first kappa shape index (κ1) is 16.6. The van der Waals surface area contributed by atoms with Crippen molar-refractivity contribution in [2.45, 2.75) is 59.3 Å². The first-order valence-electron chi connectivity index (χ1n) is 8.06. The molecule has 118 valence electrons. The fourth-order valence-corrected chi connectivity index (χ4v) is 2.80. The van der Waals surface area contributed by atoms with Gasteiger partial charge in [-0.05, 0) is 58.7 Å². The number of hydrogen-bond acceptors (Lipinski definition) is 1. The normalized spacial score (nSPS) is 12.3. The number of nitrogens with one attached hydrogen (secondary N) is 1. The summed E-state index contributed by atoms with van der Waals surface area (Å²) < 4.78 is 0. The second-order valence-corrected chi connectivity index (χ2v) is 8.23. The van der Waals surface area contributed by atoms with Gasteiger partial charge in [-0.15, -0.1) is 0 Å². The number of rotatable bonds is 2. The molecule has 0 unspecified atom stereocenters. The van der Waals surface area contributed by atoms with Gasteiger partial charge in [0.05, 0.1) is 0 Å². The highest BCUT2D eigenvalue weighted by Gasteiger charge is 2.16. The molecular weight excluding hydrogens is 266 g/mol. The van der Waals surface area contributed by atoms with E-state index in [0.717, 1.165) is 11.4 Å². The Kier molecular flexibility index (Phi) is 4.37. The Hall–Kier alpha value is -1.76. The Morgan fingerprint density at radius 2 is 1.23 bits per heavy atom. The summed E-state index contributed by atoms with van der Waals surface area (Å²) in [5.41, 5.74) is 6.77. The Bertz CT molecular complexity index is 637. The van der Waals surface area contributed by atoms with Crippen molar-refractivity contribution >= 4 is 11.4 Å². The number of anilines is 2. The van der Waals surface area contributed by atoms with E-state index in [2.05, 4.69) is 96.2 Å². The largest absolute Gasteiger partial charge is 0.356 e. The maximum atomic E-state index is 3.50. The Morgan fingerprint density at radius 1 is 0.682 bits per heavy atom. The molecule has 2 rings (SSSR count). The first-order chi connectivity index (χ1) is 10.1. The highest BCUT2D eigenvalue weighted by molar-refractivity contribution is 5.61. The van der Waals surface area contributed by atoms with Gasteiger partial charge in [0.25, 0.3) is 0 Å². The molecule has 0 aliphatic rings. The van der Waals surface area contributed by atoms with Gasteiger partial charge in [-0.2, -0.15) is 0 Å². The smallest absolute Gasteiger partial charge is 0.0387 e. The van der Waals surface area contributed by atoms with Crippen LogP contribution in [0.4, 0.5) is 11.4 Å². The fourth-order valence-electron chi connectivity index (χ4n) is 2.80. The lowest BCUT2D eigenvalue weighted by atomic mass is 9.84. The second-order valence-electron chi connectivity index (χ2n) is 8.23. The van der Waals surface area contributed by atoms with Crippen LogP contribution in [0.2, 0.25) is 0 Å². The third kappa shape index (κ3) is 3.91. The van der Waals surface area contributed by atoms with E-state index >= 15 is 0 Å². The van der Waals surface area contributed by atoms with E-state index in [1.165, 1.54) is 16.7 Å². The third-order valence-corrected chi connectivity index (χ3v) is 4.07. The van der Waals surface area contributed by atoms with Gasteiger partial charge in [0.2, 0.25) is 0 Å². The molecule has 0 saturated heterocycles. The van der Waals surface area contributed by atoms with E-state index < -0.39 is 0 Å². The summed E-state index contributed by atoms with van der Waals surface area (Å²) in [5, 5.41) is 3.50. The maximum Gasteiger partial charge on any atom is 0.0387 e. The molecule has 0 fully saturated rings. The molecule has 0 bridgehead atoms. The lowest BCUT2D eigenvalue weighted by molar-refractivity contribution is 0.586. The topological polar surface area (TPSA) is 12.0 Å². The van der Waals surface area contributed by atoms with Gasteiger partial charge in [0, 0.05) is 11.4 Å². The van der Waals surface area contributed by atoms with Crippen LogP contribution in [0.15, 0.2) is 42.5 Å². The summed E-state index contributed by atoms with van der Waals surface area (Å²) in [6.45, 7) is 15.7. The van der Waals surface area contributed by atoms with Crippen LogP contribution in [0.3, 0.4) is 0 Å². The molecule has 1 N–H and O–H groups in total. The molecule has 0 aromatic heterocycles. The molecule has 2 aromatic rings. The predicted octanol–water partition coefficient (Wildman–Crippen LogP) is 6.33. The van der Waals surface area contributed by atoms with E-state index in [9.17, 15) is 0 Å². The maximum absolute atomic E-state index is 3.50. The Labute approximate surface area is 135 Å². The van der Waals surface area contributed by atoms with Crippen LogP contribution in [0.25, 0.3) is 0 Å². The van der Waals surface area contributed by atoms with Gasteiger partial charge >= 0.3 is 0 Å². The zero-order valence-corrected chi connectivity index (χ0v) is 15.0. The summed E-state index contributed by atoms with van der Waals surface area (Å²) in [6.07, 6.45) is 0. The van der Waals surface area contributed by atoms with Crippen LogP contribution in [0.1, 0.15) is 58.2 Å². The fraction of sp³-hybridized carbons (Fsp3) is 0.429. The van der Waals surface area contributed by atoms with Gasteiger partial charge in [-0.25, -0.2) is 0 Å². The average Bonchev–Trinajstić information content (AvgIpc) is 2.36. The molecule has 0 saturated carbocycles. The summed E-state index contributed by atoms with van der Waals surface area (Å²) in [6, 6.07) is 15.4. The van der Waals surface area contributed by atoms with Crippen molar-refractivity contribution in [2.24, 2.45) is 0 Å². The van der Waals surface area contributed by atoms with Crippen LogP contribution in [0, 0.1) is 6.92 Å². The minimum absolute atomic E-state index is 0.191. The van der Waals surface area contributed by atoms with Gasteiger partial charge in [-0.3, -0.25) is 0 Å². The second kappa shape index (κ2) is 5.79. The minimum atomic E-state index is 0.191. The summed E-state index contributed by atoms with van der Waals surface area (Å²) >= 11 is 0. The highest BCUT2D eigenvalue weighted by Crippen LogP contribution is 2.29. The van der Waals surface area contributed by atoms with Gasteiger partial charge < -0.3 is 5.32 Å². The number of hydrogen-bond donors (Lipinski definition) is 1. The van der Waals surface area contributed by atoms with Crippen molar-refractivity contribution in [1.29, 1.82) is 0 Å². The summed E-state index contributed by atoms with van der Waals surface area (Å²) in [7, 11) is 0. The molecule has 0 heterocycles. The molecule has 2 aromatic carbocycles. The zero-order valence-electron chi connectivity index (χ0n) is 15.0. The lowest BCUT2D eigenvalue weighted by Crippen LogP contribution is -2.13. The highest BCUT2D eigenvalue weighted by atomic mass is 14.9. The predicted molar refractivity (Wildman–Crippen MR) is 98.3 cm³/mol. The van der Waals surface area contributed by atoms with Crippen molar-refractivity contribution in [1.82, 2.24) is 0 Å². The van der Waals surface area contributed by atoms with Gasteiger partial charge in [0.1, 0.15) is 0 Å². The molecule has 1 heteroatoms. The van der Waals surface area contributed by atoms with Crippen LogP contribution >= 0.6 is 0 Å². The third-order valence-electron chi connectivity index (χ3n) is 4.07. The van der Waals surface area contributed by atoms with E-state index in [4.69, 9.17) is 0 Å². The zero-order chi connectivity index (χ0) is 16.5. The van der Waals surface area contributed by atoms with Gasteiger partial charge in [0.15, 0.2) is 0 Å². The standard InChI is InChI=1S/C21H29N/c1-15-14-18(12-13-19(15)21(5,6)7)22-17-10-8-16(9-11-17)20(2,3)4/h8-14,22H,1-7H3. The Morgan fingerprint density at radius 3 is 1.68 bits per heavy atom. The van der Waals surface area contributed by atoms with Crippen LogP contribution < -0.4 is 5.32 Å². The minimum Gasteiger partial charge on any atom is -0.356 e. The first-order valence-corrected chi connectivity index (χ1v) is 8.06. The molecule has 0 aliphatic carbocycles. The van der Waals surface area contributed by atoms with Gasteiger partial charge in [-0.1, -0.05) is 59.7 Å². The van der Waals surface area contributed by atoms with Crippen LogP contribution in [0.5, 0.6) is 0 Å². The van der Waals surface area contributed by atoms with E-state index in [1.807, 2.05) is 0 Å². The lowest BCUT2D eigenvalue weighted by Gasteiger charge is -2.22. The summed E-state index contributed by atoms with van der Waals surface area (Å²) in [4.78, 5) is 0. The molecule has 0 atom stereocenters. The average molecular weight is 295 g/mol. The summed E-state index contributed by atoms with van der Waals surface area (Å²) in [5.74, 6) is 0. The van der Waals surface area contributed by atoms with Crippen molar-refractivity contribution in [3.63, 3.8) is 0 Å². The van der Waals surface area contributed by atoms with Crippen LogP contribution in [-0.4, -0.2) is 0 Å². The van der Waals surface area contributed by atoms with Crippen molar-refractivity contribution in [3.05, 3.63) is 59.2 Å². The molecule has 0 radical (unpaired) electrons. The number of aryl methyl sites for hydroxylation is 1. The molecule has 0 amide bonds. The van der Waals surface area contributed by atoms with E-state index in [1.54, 1.807) is 0 Å². The van der Waals surface area contributed by atoms with E-state index in [-0.39, 0.29) is 10.8 Å². The molecular formula is C21H29N. The molecule has 0 spiro atoms. The van der Waals surface area contributed by atoms with Crippen molar-refractivity contribution < 1.29 is 0 Å². The van der Waals surface area contributed by atoms with E-state index in [0.29, 0.717) is 0 Å². The molecule has 0 aliphatic heterocycles. The SMILES string of the molecule is Cc1cc(Nc2ccc(C(C)(C)C)cc2)ccc1C(C)(C)C. The quantitative estimate of drug-likeness (QED) is 0.682. The molecule has 1 nitrogen and oxygen atoms in total. The monoisotopic (exact) mass is 295 g/mol. The Balaban J connectivity index is 2.19. The van der Waals surface area contributed by atoms with Crippen LogP contribution in [-0.2, 0) is 10.8 Å².